The van der Waals surface area contributed by atoms with Crippen LogP contribution in [0.25, 0.3) is 0 Å². The average Bonchev–Trinajstić information content (AvgIpc) is 2.11. The van der Waals surface area contributed by atoms with Crippen molar-refractivity contribution in [3.05, 3.63) is 28.2 Å². The summed E-state index contributed by atoms with van der Waals surface area (Å²) >= 11 is 5.32. The molecule has 0 atom stereocenters. The number of hydrogen-bond acceptors (Lipinski definition) is 2. The third-order valence-electron chi connectivity index (χ3n) is 1.82. The Morgan fingerprint density at radius 3 is 2.92 bits per heavy atom. The number of hydrogen-bond donors (Lipinski definition) is 1. The van der Waals surface area contributed by atoms with Gasteiger partial charge in [0.2, 0.25) is 0 Å². The Hall–Kier alpha value is -0.150. The molecule has 0 radical (unpaired) electrons. The average molecular weight is 260 g/mol. The van der Waals surface area contributed by atoms with Crippen molar-refractivity contribution < 1.29 is 0 Å². The van der Waals surface area contributed by atoms with Crippen LogP contribution in [0.1, 0.15) is 5.56 Å². The van der Waals surface area contributed by atoms with Crippen LogP contribution in [-0.2, 0) is 0 Å². The van der Waals surface area contributed by atoms with E-state index in [0.717, 1.165) is 16.8 Å². The van der Waals surface area contributed by atoms with Crippen LogP contribution in [0.4, 0.5) is 5.69 Å². The number of nitrogens with one attached hydrogen (secondary N) is 1. The van der Waals surface area contributed by atoms with Crippen molar-refractivity contribution in [2.24, 2.45) is 0 Å². The fraction of sp³-hybridized carbons (Fsp3) is 0.400. The molecule has 1 rings (SSSR count). The number of benzene rings is 1. The molecule has 1 nitrogen and oxygen atoms in total. The summed E-state index contributed by atoms with van der Waals surface area (Å²) < 4.78 is 1.13. The van der Waals surface area contributed by atoms with Gasteiger partial charge in [-0.1, -0.05) is 22.0 Å². The molecular formula is C10H14BrNS. The zero-order chi connectivity index (χ0) is 9.68. The number of anilines is 1. The van der Waals surface area contributed by atoms with E-state index in [1.54, 1.807) is 0 Å². The van der Waals surface area contributed by atoms with Crippen LogP contribution < -0.4 is 5.32 Å². The second-order valence-electron chi connectivity index (χ2n) is 2.88. The molecule has 0 amide bonds. The van der Waals surface area contributed by atoms with Gasteiger partial charge < -0.3 is 5.32 Å². The van der Waals surface area contributed by atoms with E-state index in [1.165, 1.54) is 11.3 Å². The van der Waals surface area contributed by atoms with Crippen molar-refractivity contribution >= 4 is 33.4 Å². The van der Waals surface area contributed by atoms with Gasteiger partial charge in [-0.2, -0.15) is 11.8 Å². The maximum absolute atomic E-state index is 3.46. The molecule has 1 aromatic carbocycles. The maximum atomic E-state index is 3.46. The van der Waals surface area contributed by atoms with Crippen LogP contribution >= 0.6 is 27.7 Å². The fourth-order valence-electron chi connectivity index (χ4n) is 1.07. The Balaban J connectivity index is 2.59. The van der Waals surface area contributed by atoms with Gasteiger partial charge in [-0.3, -0.25) is 0 Å². The largest absolute Gasteiger partial charge is 0.384 e. The molecule has 0 saturated carbocycles. The van der Waals surface area contributed by atoms with Crippen molar-refractivity contribution in [3.63, 3.8) is 0 Å². The van der Waals surface area contributed by atoms with Crippen LogP contribution in [0, 0.1) is 6.92 Å². The number of aryl methyl sites for hydroxylation is 1. The highest BCUT2D eigenvalue weighted by atomic mass is 79.9. The standard InChI is InChI=1S/C10H14BrNS/c1-8-3-4-9(11)7-10(8)12-5-6-13-2/h3-4,7,12H,5-6H2,1-2H3. The lowest BCUT2D eigenvalue weighted by Crippen LogP contribution is -2.04. The Kier molecular flexibility index (Phi) is 4.67. The number of thioether (sulfide) groups is 1. The summed E-state index contributed by atoms with van der Waals surface area (Å²) in [5.74, 6) is 1.14. The van der Waals surface area contributed by atoms with Gasteiger partial charge in [-0.15, -0.1) is 0 Å². The second-order valence-corrected chi connectivity index (χ2v) is 4.78. The minimum absolute atomic E-state index is 1.03. The summed E-state index contributed by atoms with van der Waals surface area (Å²) in [5, 5.41) is 3.40. The first kappa shape index (κ1) is 10.9. The van der Waals surface area contributed by atoms with Gasteiger partial charge in [0.25, 0.3) is 0 Å². The summed E-state index contributed by atoms with van der Waals surface area (Å²) in [6.07, 6.45) is 2.12. The highest BCUT2D eigenvalue weighted by Crippen LogP contribution is 2.20. The molecule has 0 spiro atoms. The smallest absolute Gasteiger partial charge is 0.0381 e. The minimum atomic E-state index is 1.03. The van der Waals surface area contributed by atoms with Gasteiger partial charge in [0, 0.05) is 22.5 Å². The normalized spacial score (nSPS) is 10.1. The predicted octanol–water partition coefficient (Wildman–Crippen LogP) is 3.53. The molecule has 1 aromatic rings. The van der Waals surface area contributed by atoms with Crippen molar-refractivity contribution in [1.29, 1.82) is 0 Å². The summed E-state index contributed by atoms with van der Waals surface area (Å²) in [6, 6.07) is 6.30. The molecule has 3 heteroatoms. The summed E-state index contributed by atoms with van der Waals surface area (Å²) in [7, 11) is 0. The van der Waals surface area contributed by atoms with Crippen LogP contribution in [0.3, 0.4) is 0 Å². The van der Waals surface area contributed by atoms with E-state index in [9.17, 15) is 0 Å². The third kappa shape index (κ3) is 3.61. The molecule has 0 heterocycles. The van der Waals surface area contributed by atoms with Crippen LogP contribution in [0.5, 0.6) is 0 Å². The first-order valence-electron chi connectivity index (χ1n) is 4.23. The predicted molar refractivity (Wildman–Crippen MR) is 65.8 cm³/mol. The molecule has 0 fully saturated rings. The van der Waals surface area contributed by atoms with Crippen molar-refractivity contribution in [3.8, 4) is 0 Å². The van der Waals surface area contributed by atoms with E-state index in [-0.39, 0.29) is 0 Å². The summed E-state index contributed by atoms with van der Waals surface area (Å²) in [6.45, 7) is 3.15. The van der Waals surface area contributed by atoms with Gasteiger partial charge in [0.15, 0.2) is 0 Å². The zero-order valence-corrected chi connectivity index (χ0v) is 10.3. The first-order valence-corrected chi connectivity index (χ1v) is 6.41. The third-order valence-corrected chi connectivity index (χ3v) is 2.93. The van der Waals surface area contributed by atoms with Crippen molar-refractivity contribution in [2.75, 3.05) is 23.9 Å². The topological polar surface area (TPSA) is 12.0 Å². The highest BCUT2D eigenvalue weighted by molar-refractivity contribution is 9.10. The van der Waals surface area contributed by atoms with E-state index >= 15 is 0 Å². The van der Waals surface area contributed by atoms with E-state index in [1.807, 2.05) is 11.8 Å². The van der Waals surface area contributed by atoms with Gasteiger partial charge in [-0.05, 0) is 30.9 Å². The molecule has 0 saturated heterocycles. The molecule has 0 bridgehead atoms. The summed E-state index contributed by atoms with van der Waals surface area (Å²) in [4.78, 5) is 0. The molecule has 1 N–H and O–H groups in total. The van der Waals surface area contributed by atoms with Gasteiger partial charge in [0.05, 0.1) is 0 Å². The minimum Gasteiger partial charge on any atom is -0.384 e. The molecule has 0 aliphatic heterocycles. The Bertz CT molecular complexity index is 276. The van der Waals surface area contributed by atoms with Crippen LogP contribution in [-0.4, -0.2) is 18.6 Å². The van der Waals surface area contributed by atoms with Crippen LogP contribution in [0.2, 0.25) is 0 Å². The second kappa shape index (κ2) is 5.55. The Morgan fingerprint density at radius 2 is 2.23 bits per heavy atom. The van der Waals surface area contributed by atoms with E-state index in [0.29, 0.717) is 0 Å². The number of halogens is 1. The SMILES string of the molecule is CSCCNc1cc(Br)ccc1C. The quantitative estimate of drug-likeness (QED) is 0.831. The molecular weight excluding hydrogens is 246 g/mol. The zero-order valence-electron chi connectivity index (χ0n) is 7.93. The highest BCUT2D eigenvalue weighted by Gasteiger charge is 1.97. The van der Waals surface area contributed by atoms with Crippen molar-refractivity contribution in [2.45, 2.75) is 6.92 Å². The molecule has 0 aromatic heterocycles. The molecule has 13 heavy (non-hydrogen) atoms. The lowest BCUT2D eigenvalue weighted by atomic mass is 10.2. The summed E-state index contributed by atoms with van der Waals surface area (Å²) in [5.41, 5.74) is 2.52. The lowest BCUT2D eigenvalue weighted by Gasteiger charge is -2.08. The van der Waals surface area contributed by atoms with Crippen molar-refractivity contribution in [1.82, 2.24) is 0 Å². The molecule has 72 valence electrons. The molecule has 0 aliphatic rings. The van der Waals surface area contributed by atoms with Crippen LogP contribution in [0.15, 0.2) is 22.7 Å². The van der Waals surface area contributed by atoms with Gasteiger partial charge in [-0.25, -0.2) is 0 Å². The maximum Gasteiger partial charge on any atom is 0.0381 e. The first-order chi connectivity index (χ1) is 6.24. The monoisotopic (exact) mass is 259 g/mol. The molecule has 0 aliphatic carbocycles. The Labute approximate surface area is 92.4 Å². The van der Waals surface area contributed by atoms with Gasteiger partial charge >= 0.3 is 0 Å². The van der Waals surface area contributed by atoms with E-state index < -0.39 is 0 Å². The van der Waals surface area contributed by atoms with E-state index in [2.05, 4.69) is 52.6 Å². The Morgan fingerprint density at radius 1 is 1.46 bits per heavy atom. The number of rotatable bonds is 4. The van der Waals surface area contributed by atoms with E-state index in [4.69, 9.17) is 0 Å². The lowest BCUT2D eigenvalue weighted by molar-refractivity contribution is 1.21. The molecule has 0 unspecified atom stereocenters. The van der Waals surface area contributed by atoms with Gasteiger partial charge in [0.1, 0.15) is 0 Å². The fourth-order valence-corrected chi connectivity index (χ4v) is 1.74.